The molecule has 0 unspecified atom stereocenters. The third-order valence-corrected chi connectivity index (χ3v) is 6.26. The van der Waals surface area contributed by atoms with Crippen LogP contribution in [0.4, 0.5) is 0 Å². The Morgan fingerprint density at radius 2 is 1.96 bits per heavy atom. The van der Waals surface area contributed by atoms with Gasteiger partial charge in [-0.2, -0.15) is 0 Å². The first-order valence-electron chi connectivity index (χ1n) is 8.55. The largest absolute Gasteiger partial charge is 0.545 e. The fourth-order valence-electron chi connectivity index (χ4n) is 3.06. The summed E-state index contributed by atoms with van der Waals surface area (Å²) in [5.74, 6) is -0.715. The highest BCUT2D eigenvalue weighted by atomic mass is 32.2. The number of thioether (sulfide) groups is 1. The van der Waals surface area contributed by atoms with Gasteiger partial charge in [0.15, 0.2) is 5.16 Å². The van der Waals surface area contributed by atoms with Crippen molar-refractivity contribution in [2.45, 2.75) is 17.8 Å². The molecule has 7 heteroatoms. The number of aromatic carboxylic acids is 1. The maximum absolute atomic E-state index is 12.8. The number of hydrogen-bond acceptors (Lipinski definition) is 6. The Kier molecular flexibility index (Phi) is 5.02. The van der Waals surface area contributed by atoms with Gasteiger partial charge in [-0.3, -0.25) is 4.79 Å². The van der Waals surface area contributed by atoms with Crippen LogP contribution in [0.1, 0.15) is 20.8 Å². The van der Waals surface area contributed by atoms with Crippen molar-refractivity contribution in [1.29, 1.82) is 0 Å². The minimum absolute atomic E-state index is 0.136. The minimum Gasteiger partial charge on any atom is -0.545 e. The summed E-state index contributed by atoms with van der Waals surface area (Å²) in [5, 5.41) is 12.1. The highest BCUT2D eigenvalue weighted by Gasteiger charge is 2.16. The number of nitrogens with zero attached hydrogens (tertiary/aromatic N) is 1. The number of fused-ring (bicyclic) bond motifs is 1. The summed E-state index contributed by atoms with van der Waals surface area (Å²) in [6, 6.07) is 16.4. The van der Waals surface area contributed by atoms with Crippen LogP contribution in [-0.4, -0.2) is 15.9 Å². The lowest BCUT2D eigenvalue weighted by molar-refractivity contribution is -0.255. The Morgan fingerprint density at radius 3 is 2.71 bits per heavy atom. The molecule has 0 amide bonds. The Labute approximate surface area is 169 Å². The molecule has 4 rings (SSSR count). The monoisotopic (exact) mass is 407 g/mol. The number of hydrogen-bond donors (Lipinski definition) is 1. The highest BCUT2D eigenvalue weighted by molar-refractivity contribution is 7.98. The number of thiophene rings is 1. The quantitative estimate of drug-likeness (QED) is 0.403. The van der Waals surface area contributed by atoms with Gasteiger partial charge >= 0.3 is 0 Å². The fraction of sp³-hybridized carbons (Fsp3) is 0.0952. The standard InChI is InChI=1S/C21H16N2O3S2/c1-12-16(14-7-3-2-4-8-14)17-18(24)22-21(23-19(17)28-12)27-11-13-6-5-9-15(10-13)20(25)26/h2-10H,11H2,1H3,(H,25,26)(H,22,23,24)/p-1. The number of nitrogens with one attached hydrogen (secondary N) is 1. The SMILES string of the molecule is Cc1sc2nc(SCc3cccc(C(=O)[O-])c3)[nH]c(=O)c2c1-c1ccccc1. The van der Waals surface area contributed by atoms with Gasteiger partial charge in [0, 0.05) is 16.2 Å². The number of carboxylic acid groups (broad SMARTS) is 1. The van der Waals surface area contributed by atoms with E-state index in [0.29, 0.717) is 21.1 Å². The molecule has 0 saturated carbocycles. The third-order valence-electron chi connectivity index (χ3n) is 4.32. The first-order valence-corrected chi connectivity index (χ1v) is 10.3. The highest BCUT2D eigenvalue weighted by Crippen LogP contribution is 2.36. The molecular formula is C21H15N2O3S2-. The average Bonchev–Trinajstić information content (AvgIpc) is 3.03. The van der Waals surface area contributed by atoms with Crippen molar-refractivity contribution in [3.8, 4) is 11.1 Å². The van der Waals surface area contributed by atoms with Crippen LogP contribution in [0.2, 0.25) is 0 Å². The minimum atomic E-state index is -1.21. The van der Waals surface area contributed by atoms with E-state index >= 15 is 0 Å². The molecule has 0 bridgehead atoms. The maximum Gasteiger partial charge on any atom is 0.260 e. The van der Waals surface area contributed by atoms with Crippen LogP contribution in [-0.2, 0) is 5.75 Å². The lowest BCUT2D eigenvalue weighted by atomic mass is 10.0. The van der Waals surface area contributed by atoms with Gasteiger partial charge in [0.1, 0.15) is 4.83 Å². The third kappa shape index (κ3) is 3.58. The van der Waals surface area contributed by atoms with E-state index in [1.54, 1.807) is 12.1 Å². The number of carbonyl (C=O) groups excluding carboxylic acids is 1. The number of aromatic nitrogens is 2. The normalized spacial score (nSPS) is 11.0. The molecule has 0 aliphatic heterocycles. The van der Waals surface area contributed by atoms with E-state index in [0.717, 1.165) is 21.6 Å². The molecule has 0 fully saturated rings. The molecule has 140 valence electrons. The zero-order valence-corrected chi connectivity index (χ0v) is 16.5. The van der Waals surface area contributed by atoms with E-state index in [1.165, 1.54) is 29.2 Å². The van der Waals surface area contributed by atoms with Gasteiger partial charge in [0.2, 0.25) is 0 Å². The van der Waals surface area contributed by atoms with E-state index in [9.17, 15) is 14.7 Å². The van der Waals surface area contributed by atoms with Crippen LogP contribution in [0.15, 0.2) is 64.5 Å². The number of aryl methyl sites for hydroxylation is 1. The lowest BCUT2D eigenvalue weighted by Crippen LogP contribution is -2.22. The van der Waals surface area contributed by atoms with Gasteiger partial charge in [-0.15, -0.1) is 11.3 Å². The van der Waals surface area contributed by atoms with E-state index in [-0.39, 0.29) is 11.1 Å². The average molecular weight is 407 g/mol. The Hall–Kier alpha value is -2.90. The molecule has 0 atom stereocenters. The molecule has 0 aliphatic rings. The van der Waals surface area contributed by atoms with Crippen molar-refractivity contribution in [3.05, 3.63) is 81.0 Å². The number of H-pyrrole nitrogens is 1. The van der Waals surface area contributed by atoms with E-state index in [4.69, 9.17) is 0 Å². The van der Waals surface area contributed by atoms with Gasteiger partial charge < -0.3 is 14.9 Å². The van der Waals surface area contributed by atoms with Crippen LogP contribution in [0, 0.1) is 6.92 Å². The second-order valence-electron chi connectivity index (χ2n) is 6.23. The Morgan fingerprint density at radius 1 is 1.18 bits per heavy atom. The maximum atomic E-state index is 12.8. The predicted molar refractivity (Wildman–Crippen MR) is 111 cm³/mol. The molecule has 0 aliphatic carbocycles. The second kappa shape index (κ2) is 7.61. The molecule has 28 heavy (non-hydrogen) atoms. The molecule has 0 spiro atoms. The number of aromatic amines is 1. The van der Waals surface area contributed by atoms with Crippen molar-refractivity contribution in [1.82, 2.24) is 9.97 Å². The van der Waals surface area contributed by atoms with Crippen LogP contribution in [0.5, 0.6) is 0 Å². The molecule has 1 N–H and O–H groups in total. The zero-order valence-electron chi connectivity index (χ0n) is 14.9. The van der Waals surface area contributed by atoms with Crippen molar-refractivity contribution in [2.75, 3.05) is 0 Å². The van der Waals surface area contributed by atoms with Gasteiger partial charge in [-0.05, 0) is 29.7 Å². The van der Waals surface area contributed by atoms with Gasteiger partial charge in [-0.1, -0.05) is 60.3 Å². The van der Waals surface area contributed by atoms with Crippen molar-refractivity contribution < 1.29 is 9.90 Å². The smallest absolute Gasteiger partial charge is 0.260 e. The van der Waals surface area contributed by atoms with Gasteiger partial charge in [0.05, 0.1) is 11.4 Å². The first kappa shape index (κ1) is 18.5. The molecule has 5 nitrogen and oxygen atoms in total. The summed E-state index contributed by atoms with van der Waals surface area (Å²) in [4.78, 5) is 33.0. The van der Waals surface area contributed by atoms with Crippen LogP contribution < -0.4 is 10.7 Å². The summed E-state index contributed by atoms with van der Waals surface area (Å²) in [6.07, 6.45) is 0. The molecule has 0 saturated heterocycles. The number of benzene rings is 2. The van der Waals surface area contributed by atoms with Crippen molar-refractivity contribution in [3.63, 3.8) is 0 Å². The summed E-state index contributed by atoms with van der Waals surface area (Å²) in [7, 11) is 0. The number of rotatable bonds is 5. The number of carboxylic acids is 1. The molecule has 4 aromatic rings. The molecule has 2 aromatic heterocycles. The predicted octanol–water partition coefficient (Wildman–Crippen LogP) is 3.62. The second-order valence-corrected chi connectivity index (χ2v) is 8.39. The summed E-state index contributed by atoms with van der Waals surface area (Å²) in [5.41, 5.74) is 2.71. The molecule has 2 heterocycles. The van der Waals surface area contributed by atoms with Gasteiger partial charge in [-0.25, -0.2) is 4.98 Å². The van der Waals surface area contributed by atoms with Crippen LogP contribution in [0.25, 0.3) is 21.3 Å². The Bertz CT molecular complexity index is 1230. The van der Waals surface area contributed by atoms with Crippen LogP contribution >= 0.6 is 23.1 Å². The van der Waals surface area contributed by atoms with E-state index < -0.39 is 5.97 Å². The first-order chi connectivity index (χ1) is 13.5. The lowest BCUT2D eigenvalue weighted by Gasteiger charge is -2.06. The van der Waals surface area contributed by atoms with Crippen molar-refractivity contribution in [2.24, 2.45) is 0 Å². The molecular weight excluding hydrogens is 392 g/mol. The fourth-order valence-corrected chi connectivity index (χ4v) is 4.97. The van der Waals surface area contributed by atoms with Crippen molar-refractivity contribution >= 4 is 39.3 Å². The van der Waals surface area contributed by atoms with E-state index in [2.05, 4.69) is 9.97 Å². The summed E-state index contributed by atoms with van der Waals surface area (Å²) < 4.78 is 0. The summed E-state index contributed by atoms with van der Waals surface area (Å²) >= 11 is 2.86. The molecule has 0 radical (unpaired) electrons. The zero-order chi connectivity index (χ0) is 19.7. The van der Waals surface area contributed by atoms with Crippen LogP contribution in [0.3, 0.4) is 0 Å². The number of carbonyl (C=O) groups is 1. The topological polar surface area (TPSA) is 85.9 Å². The molecule has 2 aromatic carbocycles. The van der Waals surface area contributed by atoms with E-state index in [1.807, 2.05) is 43.3 Å². The Balaban J connectivity index is 1.66. The summed E-state index contributed by atoms with van der Waals surface area (Å²) in [6.45, 7) is 1.99. The van der Waals surface area contributed by atoms with Gasteiger partial charge in [0.25, 0.3) is 5.56 Å².